The minimum atomic E-state index is 0.115. The number of fused-ring (bicyclic) bond motifs is 1. The highest BCUT2D eigenvalue weighted by atomic mass is 16.2. The molecular weight excluding hydrogens is 202 g/mol. The molecule has 0 atom stereocenters. The number of amides is 1. The molecule has 0 radical (unpaired) electrons. The van der Waals surface area contributed by atoms with Crippen LogP contribution in [0.3, 0.4) is 0 Å². The summed E-state index contributed by atoms with van der Waals surface area (Å²) in [7, 11) is 1.83. The molecule has 0 aliphatic carbocycles. The Balaban J connectivity index is 2.35. The molecular formula is C13H17NO2. The van der Waals surface area contributed by atoms with E-state index in [1.807, 2.05) is 20.0 Å². The van der Waals surface area contributed by atoms with Crippen molar-refractivity contribution >= 4 is 5.91 Å². The summed E-state index contributed by atoms with van der Waals surface area (Å²) in [6, 6.07) is 4.10. The Morgan fingerprint density at radius 2 is 2.19 bits per heavy atom. The lowest BCUT2D eigenvalue weighted by Crippen LogP contribution is -2.17. The van der Waals surface area contributed by atoms with E-state index in [0.29, 0.717) is 0 Å². The lowest BCUT2D eigenvalue weighted by atomic mass is 9.98. The first kappa shape index (κ1) is 11.1. The van der Waals surface area contributed by atoms with E-state index < -0.39 is 0 Å². The summed E-state index contributed by atoms with van der Waals surface area (Å²) in [6.07, 6.45) is 1.59. The molecule has 3 nitrogen and oxygen atoms in total. The minimum absolute atomic E-state index is 0.115. The number of hydrogen-bond acceptors (Lipinski definition) is 2. The van der Waals surface area contributed by atoms with Gasteiger partial charge in [-0.1, -0.05) is 6.07 Å². The van der Waals surface area contributed by atoms with Crippen LogP contribution in [0.5, 0.6) is 0 Å². The molecule has 1 aromatic rings. The smallest absolute Gasteiger partial charge is 0.254 e. The number of rotatable bonds is 3. The standard InChI is InChI=1S/C13H17NO2/c1-9-6-10(4-3-5-15)7-11-12(9)8-14(2)13(11)16/h6-7,15H,3-5,8H2,1-2H3. The van der Waals surface area contributed by atoms with Crippen LogP contribution >= 0.6 is 0 Å². The van der Waals surface area contributed by atoms with Gasteiger partial charge < -0.3 is 10.0 Å². The van der Waals surface area contributed by atoms with E-state index in [-0.39, 0.29) is 12.5 Å². The summed E-state index contributed by atoms with van der Waals surface area (Å²) in [6.45, 7) is 2.97. The first-order valence-electron chi connectivity index (χ1n) is 5.62. The Labute approximate surface area is 95.7 Å². The van der Waals surface area contributed by atoms with Crippen LogP contribution in [0.25, 0.3) is 0 Å². The van der Waals surface area contributed by atoms with Gasteiger partial charge in [-0.3, -0.25) is 4.79 Å². The van der Waals surface area contributed by atoms with Gasteiger partial charge in [0.25, 0.3) is 5.91 Å². The summed E-state index contributed by atoms with van der Waals surface area (Å²) in [5.41, 5.74) is 4.33. The number of aliphatic hydroxyl groups is 1. The summed E-state index contributed by atoms with van der Waals surface area (Å²) in [5, 5.41) is 8.81. The maximum Gasteiger partial charge on any atom is 0.254 e. The quantitative estimate of drug-likeness (QED) is 0.837. The van der Waals surface area contributed by atoms with Crippen molar-refractivity contribution in [2.45, 2.75) is 26.3 Å². The van der Waals surface area contributed by atoms with Gasteiger partial charge in [0.05, 0.1) is 0 Å². The minimum Gasteiger partial charge on any atom is -0.396 e. The van der Waals surface area contributed by atoms with Gasteiger partial charge in [0.15, 0.2) is 0 Å². The van der Waals surface area contributed by atoms with E-state index >= 15 is 0 Å². The van der Waals surface area contributed by atoms with Gasteiger partial charge in [0, 0.05) is 25.8 Å². The second-order valence-electron chi connectivity index (χ2n) is 4.43. The zero-order chi connectivity index (χ0) is 11.7. The predicted molar refractivity (Wildman–Crippen MR) is 62.4 cm³/mol. The number of carbonyl (C=O) groups is 1. The molecule has 3 heteroatoms. The van der Waals surface area contributed by atoms with Crippen molar-refractivity contribution < 1.29 is 9.90 Å². The SMILES string of the molecule is Cc1cc(CCCO)cc2c1CN(C)C2=O. The maximum absolute atomic E-state index is 11.9. The van der Waals surface area contributed by atoms with Crippen LogP contribution in [0.15, 0.2) is 12.1 Å². The molecule has 86 valence electrons. The number of carbonyl (C=O) groups excluding carboxylic acids is 1. The molecule has 1 aromatic carbocycles. The lowest BCUT2D eigenvalue weighted by Gasteiger charge is -2.06. The van der Waals surface area contributed by atoms with Gasteiger partial charge >= 0.3 is 0 Å². The highest BCUT2D eigenvalue weighted by Gasteiger charge is 2.25. The van der Waals surface area contributed by atoms with Crippen LogP contribution in [0.4, 0.5) is 0 Å². The molecule has 0 unspecified atom stereocenters. The molecule has 16 heavy (non-hydrogen) atoms. The molecule has 0 aromatic heterocycles. The highest BCUT2D eigenvalue weighted by molar-refractivity contribution is 5.98. The molecule has 1 aliphatic rings. The second-order valence-corrected chi connectivity index (χ2v) is 4.43. The zero-order valence-corrected chi connectivity index (χ0v) is 9.79. The average molecular weight is 219 g/mol. The summed E-state index contributed by atoms with van der Waals surface area (Å²) >= 11 is 0. The fourth-order valence-electron chi connectivity index (χ4n) is 2.23. The Bertz CT molecular complexity index is 426. The number of hydrogen-bond donors (Lipinski definition) is 1. The monoisotopic (exact) mass is 219 g/mol. The lowest BCUT2D eigenvalue weighted by molar-refractivity contribution is 0.0816. The van der Waals surface area contributed by atoms with E-state index in [4.69, 9.17) is 5.11 Å². The van der Waals surface area contributed by atoms with Crippen molar-refractivity contribution in [3.63, 3.8) is 0 Å². The van der Waals surface area contributed by atoms with Gasteiger partial charge in [-0.2, -0.15) is 0 Å². The Kier molecular flexibility index (Phi) is 2.97. The normalized spacial score (nSPS) is 14.4. The fraction of sp³-hybridized carbons (Fsp3) is 0.462. The maximum atomic E-state index is 11.9. The van der Waals surface area contributed by atoms with Gasteiger partial charge in [-0.25, -0.2) is 0 Å². The van der Waals surface area contributed by atoms with Crippen molar-refractivity contribution in [2.75, 3.05) is 13.7 Å². The molecule has 1 amide bonds. The fourth-order valence-corrected chi connectivity index (χ4v) is 2.23. The third-order valence-corrected chi connectivity index (χ3v) is 3.13. The van der Waals surface area contributed by atoms with Crippen molar-refractivity contribution in [3.05, 3.63) is 34.4 Å². The highest BCUT2D eigenvalue weighted by Crippen LogP contribution is 2.26. The van der Waals surface area contributed by atoms with E-state index in [9.17, 15) is 4.79 Å². The third kappa shape index (κ3) is 1.83. The molecule has 0 spiro atoms. The molecule has 0 fully saturated rings. The number of aliphatic hydroxyl groups excluding tert-OH is 1. The zero-order valence-electron chi connectivity index (χ0n) is 9.79. The largest absolute Gasteiger partial charge is 0.396 e. The molecule has 1 N–H and O–H groups in total. The van der Waals surface area contributed by atoms with Crippen molar-refractivity contribution in [1.82, 2.24) is 4.90 Å². The topological polar surface area (TPSA) is 40.5 Å². The summed E-state index contributed by atoms with van der Waals surface area (Å²) in [4.78, 5) is 13.6. The average Bonchev–Trinajstić information content (AvgIpc) is 2.54. The molecule has 2 rings (SSSR count). The van der Waals surface area contributed by atoms with Crippen LogP contribution in [0.2, 0.25) is 0 Å². The Morgan fingerprint density at radius 3 is 2.88 bits per heavy atom. The van der Waals surface area contributed by atoms with Crippen molar-refractivity contribution in [1.29, 1.82) is 0 Å². The second kappa shape index (κ2) is 4.26. The number of nitrogens with zero attached hydrogens (tertiary/aromatic N) is 1. The van der Waals surface area contributed by atoms with Crippen LogP contribution in [0, 0.1) is 6.92 Å². The van der Waals surface area contributed by atoms with Gasteiger partial charge in [-0.15, -0.1) is 0 Å². The predicted octanol–water partition coefficient (Wildman–Crippen LogP) is 1.51. The summed E-state index contributed by atoms with van der Waals surface area (Å²) < 4.78 is 0. The van der Waals surface area contributed by atoms with E-state index in [1.165, 1.54) is 5.56 Å². The first-order chi connectivity index (χ1) is 7.63. The van der Waals surface area contributed by atoms with Gasteiger partial charge in [-0.05, 0) is 42.5 Å². The molecule has 1 aliphatic heterocycles. The molecule has 0 saturated heterocycles. The van der Waals surface area contributed by atoms with Gasteiger partial charge in [0.1, 0.15) is 0 Å². The van der Waals surface area contributed by atoms with E-state index in [1.54, 1.807) is 4.90 Å². The van der Waals surface area contributed by atoms with E-state index in [2.05, 4.69) is 6.07 Å². The summed E-state index contributed by atoms with van der Waals surface area (Å²) in [5.74, 6) is 0.115. The number of aryl methyl sites for hydroxylation is 2. The van der Waals surface area contributed by atoms with Crippen LogP contribution < -0.4 is 0 Å². The van der Waals surface area contributed by atoms with Crippen LogP contribution in [0.1, 0.15) is 33.5 Å². The van der Waals surface area contributed by atoms with Gasteiger partial charge in [0.2, 0.25) is 0 Å². The third-order valence-electron chi connectivity index (χ3n) is 3.13. The van der Waals surface area contributed by atoms with E-state index in [0.717, 1.165) is 36.1 Å². The Morgan fingerprint density at radius 1 is 1.44 bits per heavy atom. The Hall–Kier alpha value is -1.35. The van der Waals surface area contributed by atoms with Crippen LogP contribution in [-0.2, 0) is 13.0 Å². The molecule has 0 bridgehead atoms. The van der Waals surface area contributed by atoms with Crippen molar-refractivity contribution in [2.24, 2.45) is 0 Å². The van der Waals surface area contributed by atoms with Crippen molar-refractivity contribution in [3.8, 4) is 0 Å². The van der Waals surface area contributed by atoms with Crippen LogP contribution in [-0.4, -0.2) is 29.6 Å². The molecule has 1 heterocycles. The number of benzene rings is 1. The molecule has 0 saturated carbocycles. The first-order valence-corrected chi connectivity index (χ1v) is 5.62.